The Kier molecular flexibility index (Phi) is 17.2. The van der Waals surface area contributed by atoms with Gasteiger partial charge in [-0.25, -0.2) is 33.2 Å². The molecule has 6 aliphatic heterocycles. The van der Waals surface area contributed by atoms with Crippen LogP contribution < -0.4 is 11.1 Å². The molecule has 0 bridgehead atoms. The number of rotatable bonds is 9. The third-order valence-electron chi connectivity index (χ3n) is 16.4. The number of ether oxygens (including phenoxy) is 1. The summed E-state index contributed by atoms with van der Waals surface area (Å²) in [5.74, 6) is 0.201. The van der Waals surface area contributed by atoms with Crippen LogP contribution in [-0.2, 0) is 53.3 Å². The van der Waals surface area contributed by atoms with E-state index in [4.69, 9.17) is 23.6 Å². The minimum atomic E-state index is -1.83. The topological polar surface area (TPSA) is 152 Å². The number of hydrogen-bond donors (Lipinski definition) is 2. The van der Waals surface area contributed by atoms with E-state index in [0.29, 0.717) is 101 Å². The number of pyridine rings is 2. The third-order valence-corrected chi connectivity index (χ3v) is 16.4. The fourth-order valence-electron chi connectivity index (χ4n) is 12.0. The predicted octanol–water partition coefficient (Wildman–Crippen LogP) is 8.90. The number of halogens is 2. The summed E-state index contributed by atoms with van der Waals surface area (Å²) in [7, 11) is 0. The molecular weight excluding hydrogens is 979 g/mol. The van der Waals surface area contributed by atoms with E-state index >= 15 is 8.78 Å². The molecule has 2 aromatic carbocycles. The maximum absolute atomic E-state index is 16.0. The zero-order chi connectivity index (χ0) is 54.3. The van der Waals surface area contributed by atoms with Gasteiger partial charge in [0, 0.05) is 142 Å². The van der Waals surface area contributed by atoms with E-state index in [-0.39, 0.29) is 37.5 Å². The van der Waals surface area contributed by atoms with E-state index in [1.165, 1.54) is 22.3 Å². The Morgan fingerprint density at radius 2 is 1.08 bits per heavy atom. The number of nitrogens with one attached hydrogen (secondary N) is 1. The number of hydrogen-bond acceptors (Lipinski definition) is 11. The second-order valence-electron chi connectivity index (χ2n) is 22.9. The second kappa shape index (κ2) is 24.0. The molecule has 4 saturated heterocycles. The number of nitrogens with zero attached hydrogens (tertiary/aromatic N) is 10. The first-order valence-corrected chi connectivity index (χ1v) is 27.5. The van der Waals surface area contributed by atoms with Crippen molar-refractivity contribution in [3.63, 3.8) is 0 Å². The molecule has 0 aliphatic carbocycles. The molecule has 4 fully saturated rings. The van der Waals surface area contributed by atoms with Gasteiger partial charge in [0.25, 0.3) is 11.8 Å². The molecule has 408 valence electrons. The van der Waals surface area contributed by atoms with E-state index in [1.807, 2.05) is 42.5 Å². The molecule has 77 heavy (non-hydrogen) atoms. The molecule has 0 atom stereocenters. The first-order chi connectivity index (χ1) is 36.9. The highest BCUT2D eigenvalue weighted by Gasteiger charge is 2.47. The van der Waals surface area contributed by atoms with Gasteiger partial charge in [0.1, 0.15) is 17.2 Å². The Morgan fingerprint density at radius 3 is 1.51 bits per heavy atom. The maximum atomic E-state index is 16.0. The molecule has 3 N–H and O–H groups in total. The number of carbonyl (C=O) groups is 3. The molecule has 0 radical (unpaired) electrons. The largest absolute Gasteiger partial charge is 0.444 e. The van der Waals surface area contributed by atoms with Gasteiger partial charge in [0.05, 0.1) is 13.1 Å². The predicted molar refractivity (Wildman–Crippen MR) is 292 cm³/mol. The molecular formula is C59H74F2N12O4. The lowest BCUT2D eigenvalue weighted by atomic mass is 9.90. The lowest BCUT2D eigenvalue weighted by molar-refractivity contribution is -0.149. The van der Waals surface area contributed by atoms with Crippen LogP contribution in [0.3, 0.4) is 0 Å². The zero-order valence-corrected chi connectivity index (χ0v) is 45.0. The molecule has 8 heterocycles. The SMILES string of the molecule is [C-]#[N+]c1ccc2c(c1)CN(C1CCN(C(=O)C3(F)CCN(Cc4ccnc(N)c4)CC3)CC1)CC2.[C-]#[N+]c1ccc2c(c1)CN(C1CCN(C(=O)C3(F)CCN(Cc4ccnc(NC(=O)OC(C)(C)C)c4)CC3)CC1)CC2. The molecule has 10 rings (SSSR count). The van der Waals surface area contributed by atoms with Crippen molar-refractivity contribution in [2.45, 2.75) is 140 Å². The van der Waals surface area contributed by atoms with Crippen LogP contribution in [0.4, 0.5) is 36.6 Å². The summed E-state index contributed by atoms with van der Waals surface area (Å²) < 4.78 is 37.0. The van der Waals surface area contributed by atoms with Gasteiger partial charge in [-0.15, -0.1) is 0 Å². The molecule has 0 saturated carbocycles. The van der Waals surface area contributed by atoms with Gasteiger partial charge in [-0.05, 0) is 117 Å². The van der Waals surface area contributed by atoms with E-state index in [1.54, 1.807) is 49.0 Å². The van der Waals surface area contributed by atoms with Gasteiger partial charge in [0.2, 0.25) is 0 Å². The number of anilines is 2. The van der Waals surface area contributed by atoms with E-state index in [0.717, 1.165) is 75.8 Å². The van der Waals surface area contributed by atoms with E-state index in [9.17, 15) is 14.4 Å². The van der Waals surface area contributed by atoms with Crippen LogP contribution >= 0.6 is 0 Å². The number of piperidine rings is 4. The Balaban J connectivity index is 0.000000191. The van der Waals surface area contributed by atoms with Crippen LogP contribution in [0.5, 0.6) is 0 Å². The van der Waals surface area contributed by atoms with Crippen LogP contribution in [0.1, 0.15) is 106 Å². The number of nitrogen functional groups attached to an aromatic ring is 1. The quantitative estimate of drug-likeness (QED) is 0.155. The molecule has 6 aliphatic rings. The van der Waals surface area contributed by atoms with Crippen molar-refractivity contribution in [3.8, 4) is 0 Å². The van der Waals surface area contributed by atoms with Gasteiger partial charge in [-0.1, -0.05) is 36.4 Å². The molecule has 16 nitrogen and oxygen atoms in total. The van der Waals surface area contributed by atoms with Crippen molar-refractivity contribution in [1.82, 2.24) is 39.4 Å². The Bertz CT molecular complexity index is 2830. The van der Waals surface area contributed by atoms with Crippen molar-refractivity contribution in [3.05, 3.63) is 129 Å². The number of amides is 3. The smallest absolute Gasteiger partial charge is 0.413 e. The van der Waals surface area contributed by atoms with Gasteiger partial charge < -0.3 is 20.3 Å². The van der Waals surface area contributed by atoms with Gasteiger partial charge >= 0.3 is 6.09 Å². The summed E-state index contributed by atoms with van der Waals surface area (Å²) in [6.07, 6.45) is 8.95. The summed E-state index contributed by atoms with van der Waals surface area (Å²) in [6, 6.07) is 20.2. The first kappa shape index (κ1) is 55.2. The second-order valence-corrected chi connectivity index (χ2v) is 22.9. The fourth-order valence-corrected chi connectivity index (χ4v) is 12.0. The fraction of sp³-hybridized carbons (Fsp3) is 0.542. The van der Waals surface area contributed by atoms with Crippen molar-refractivity contribution in [2.75, 3.05) is 76.5 Å². The van der Waals surface area contributed by atoms with Crippen molar-refractivity contribution in [1.29, 1.82) is 0 Å². The number of fused-ring (bicyclic) bond motifs is 2. The monoisotopic (exact) mass is 1050 g/mol. The number of aromatic nitrogens is 2. The van der Waals surface area contributed by atoms with Gasteiger partial charge in [0.15, 0.2) is 22.7 Å². The normalized spacial score (nSPS) is 20.6. The number of nitrogens with two attached hydrogens (primary N) is 1. The van der Waals surface area contributed by atoms with Crippen LogP contribution in [-0.4, -0.2) is 152 Å². The zero-order valence-electron chi connectivity index (χ0n) is 45.0. The third kappa shape index (κ3) is 14.0. The molecule has 3 amide bonds. The molecule has 0 spiro atoms. The minimum Gasteiger partial charge on any atom is -0.444 e. The average Bonchev–Trinajstić information content (AvgIpc) is 3.43. The first-order valence-electron chi connectivity index (χ1n) is 27.5. The summed E-state index contributed by atoms with van der Waals surface area (Å²) in [5, 5.41) is 2.66. The lowest BCUT2D eigenvalue weighted by Crippen LogP contribution is -2.55. The molecule has 18 heteroatoms. The highest BCUT2D eigenvalue weighted by atomic mass is 19.1. The van der Waals surface area contributed by atoms with E-state index < -0.39 is 23.0 Å². The highest BCUT2D eigenvalue weighted by Crippen LogP contribution is 2.35. The number of carbonyl (C=O) groups excluding carboxylic acids is 3. The summed E-state index contributed by atoms with van der Waals surface area (Å²) in [6.45, 7) is 29.4. The minimum absolute atomic E-state index is 0.173. The Labute approximate surface area is 452 Å². The Hall–Kier alpha value is -6.57. The van der Waals surface area contributed by atoms with Gasteiger partial charge in [-0.2, -0.15) is 0 Å². The molecule has 4 aromatic rings. The number of likely N-dealkylation sites (tertiary alicyclic amines) is 4. The average molecular weight is 1050 g/mol. The summed E-state index contributed by atoms with van der Waals surface area (Å²) in [4.78, 5) is 66.7. The maximum Gasteiger partial charge on any atom is 0.413 e. The summed E-state index contributed by atoms with van der Waals surface area (Å²) >= 11 is 0. The summed E-state index contributed by atoms with van der Waals surface area (Å²) in [5.41, 5.74) is 10.1. The highest BCUT2D eigenvalue weighted by molar-refractivity contribution is 5.86. The van der Waals surface area contributed by atoms with Crippen LogP contribution in [0.15, 0.2) is 73.1 Å². The molecule has 0 unspecified atom stereocenters. The van der Waals surface area contributed by atoms with Crippen molar-refractivity contribution >= 4 is 40.9 Å². The Morgan fingerprint density at radius 1 is 0.636 bits per heavy atom. The molecule has 2 aromatic heterocycles. The van der Waals surface area contributed by atoms with Crippen LogP contribution in [0.25, 0.3) is 9.69 Å². The van der Waals surface area contributed by atoms with Crippen LogP contribution in [0.2, 0.25) is 0 Å². The standard InChI is InChI=1S/C32H41FN6O3.C27H33FN6O/c1-31(2,3)42-30(41)36-28-19-23(7-13-35-28)21-37-17-11-32(33,12-18-37)29(40)38-15-9-27(10-16-38)39-14-8-24-5-6-26(34-4)20-25(24)22-39;1-30-23-3-2-21-5-11-34(19-22(21)17-23)24-6-12-33(13-7-24)26(35)27(28)8-14-32(15-9-27)18-20-4-10-31-25(29)16-20/h5-7,13,19-20,27H,8-12,14-18,21-22H2,1-3H3,(H,35,36,41);2-4,10,16-17,24H,5-9,11-15,18-19H2,(H2,29,31). The van der Waals surface area contributed by atoms with Gasteiger partial charge in [-0.3, -0.25) is 34.5 Å². The number of benzene rings is 2. The van der Waals surface area contributed by atoms with Crippen LogP contribution in [0, 0.1) is 13.1 Å². The lowest BCUT2D eigenvalue weighted by Gasteiger charge is -2.43. The number of alkyl halides is 2. The van der Waals surface area contributed by atoms with Crippen molar-refractivity contribution in [2.24, 2.45) is 0 Å². The van der Waals surface area contributed by atoms with E-state index in [2.05, 4.69) is 56.7 Å². The van der Waals surface area contributed by atoms with Crippen molar-refractivity contribution < 1.29 is 27.9 Å².